The predicted octanol–water partition coefficient (Wildman–Crippen LogP) is 4.78. The van der Waals surface area contributed by atoms with E-state index in [4.69, 9.17) is 9.47 Å². The molecule has 1 heterocycles. The van der Waals surface area contributed by atoms with Crippen LogP contribution >= 0.6 is 0 Å². The molecular weight excluding hydrogens is 402 g/mol. The van der Waals surface area contributed by atoms with Crippen molar-refractivity contribution in [2.24, 2.45) is 0 Å². The summed E-state index contributed by atoms with van der Waals surface area (Å²) < 4.78 is 11.0. The van der Waals surface area contributed by atoms with Crippen molar-refractivity contribution in [1.29, 1.82) is 0 Å². The van der Waals surface area contributed by atoms with Crippen molar-refractivity contribution in [2.75, 3.05) is 18.1 Å². The molecule has 0 atom stereocenters. The fourth-order valence-corrected chi connectivity index (χ4v) is 4.40. The molecule has 5 heteroatoms. The summed E-state index contributed by atoms with van der Waals surface area (Å²) in [6.07, 6.45) is 0.143. The van der Waals surface area contributed by atoms with Crippen LogP contribution < -0.4 is 4.90 Å². The van der Waals surface area contributed by atoms with Crippen molar-refractivity contribution < 1.29 is 19.1 Å². The van der Waals surface area contributed by atoms with E-state index in [2.05, 4.69) is 6.07 Å². The molecule has 164 valence electrons. The SMILES string of the molecule is CCOC(=O)C1(C(=O)OCC)Cc2ccccc2-c2ccccc2CN1c1ccccc1. The second-order valence-corrected chi connectivity index (χ2v) is 7.71. The van der Waals surface area contributed by atoms with Crippen molar-refractivity contribution in [3.63, 3.8) is 0 Å². The number of carbonyl (C=O) groups is 2. The van der Waals surface area contributed by atoms with Gasteiger partial charge in [0.05, 0.1) is 13.2 Å². The minimum Gasteiger partial charge on any atom is -0.464 e. The largest absolute Gasteiger partial charge is 0.464 e. The number of carbonyl (C=O) groups excluding carboxylic acids is 2. The van der Waals surface area contributed by atoms with Gasteiger partial charge in [0.15, 0.2) is 0 Å². The van der Waals surface area contributed by atoms with Crippen LogP contribution in [0.25, 0.3) is 11.1 Å². The van der Waals surface area contributed by atoms with E-state index in [1.165, 1.54) is 0 Å². The van der Waals surface area contributed by atoms with Gasteiger partial charge in [0.1, 0.15) is 0 Å². The number of esters is 2. The van der Waals surface area contributed by atoms with Gasteiger partial charge in [0.25, 0.3) is 0 Å². The molecule has 0 aliphatic carbocycles. The number of para-hydroxylation sites is 1. The zero-order valence-electron chi connectivity index (χ0n) is 18.4. The van der Waals surface area contributed by atoms with Crippen molar-refractivity contribution in [3.8, 4) is 11.1 Å². The van der Waals surface area contributed by atoms with E-state index in [-0.39, 0.29) is 19.6 Å². The van der Waals surface area contributed by atoms with Crippen LogP contribution in [0.15, 0.2) is 78.9 Å². The number of hydrogen-bond donors (Lipinski definition) is 0. The Morgan fingerprint density at radius 3 is 1.84 bits per heavy atom. The Balaban J connectivity index is 2.02. The molecule has 1 aliphatic heterocycles. The summed E-state index contributed by atoms with van der Waals surface area (Å²) in [5.74, 6) is -1.20. The third kappa shape index (κ3) is 3.75. The van der Waals surface area contributed by atoms with Crippen LogP contribution in [0, 0.1) is 0 Å². The molecule has 0 unspecified atom stereocenters. The number of anilines is 1. The van der Waals surface area contributed by atoms with E-state index in [1.54, 1.807) is 13.8 Å². The van der Waals surface area contributed by atoms with Gasteiger partial charge in [-0.1, -0.05) is 66.7 Å². The maximum absolute atomic E-state index is 13.6. The third-order valence-corrected chi connectivity index (χ3v) is 5.85. The first-order valence-corrected chi connectivity index (χ1v) is 10.9. The summed E-state index contributed by atoms with van der Waals surface area (Å²) in [6, 6.07) is 25.5. The molecule has 0 aromatic heterocycles. The van der Waals surface area contributed by atoms with E-state index in [9.17, 15) is 9.59 Å². The number of rotatable bonds is 5. The van der Waals surface area contributed by atoms with Crippen molar-refractivity contribution in [3.05, 3.63) is 90.0 Å². The molecule has 32 heavy (non-hydrogen) atoms. The van der Waals surface area contributed by atoms with Crippen LogP contribution in [0.5, 0.6) is 0 Å². The summed E-state index contributed by atoms with van der Waals surface area (Å²) in [7, 11) is 0. The number of benzene rings is 3. The van der Waals surface area contributed by atoms with Crippen molar-refractivity contribution in [2.45, 2.75) is 32.4 Å². The minimum atomic E-state index is -1.66. The molecule has 0 radical (unpaired) electrons. The van der Waals surface area contributed by atoms with Crippen molar-refractivity contribution in [1.82, 2.24) is 0 Å². The first-order valence-electron chi connectivity index (χ1n) is 10.9. The monoisotopic (exact) mass is 429 g/mol. The lowest BCUT2D eigenvalue weighted by atomic mass is 9.81. The molecule has 3 aromatic carbocycles. The maximum atomic E-state index is 13.6. The number of nitrogens with zero attached hydrogens (tertiary/aromatic N) is 1. The van der Waals surface area contributed by atoms with Crippen LogP contribution in [0.2, 0.25) is 0 Å². The van der Waals surface area contributed by atoms with E-state index in [1.807, 2.05) is 77.7 Å². The lowest BCUT2D eigenvalue weighted by Gasteiger charge is -2.43. The van der Waals surface area contributed by atoms with Gasteiger partial charge in [-0.3, -0.25) is 0 Å². The first-order chi connectivity index (χ1) is 15.6. The topological polar surface area (TPSA) is 55.8 Å². The van der Waals surface area contributed by atoms with Gasteiger partial charge >= 0.3 is 11.9 Å². The Labute approximate surface area is 188 Å². The standard InChI is InChI=1S/C27H27NO4/c1-3-31-25(29)27(26(30)32-4-2)18-20-12-8-10-16-23(20)24-17-11-9-13-21(24)19-28(27)22-14-6-5-7-15-22/h5-17H,3-4,18-19H2,1-2H3. The minimum absolute atomic E-state index is 0.143. The Morgan fingerprint density at radius 1 is 0.750 bits per heavy atom. The van der Waals surface area contributed by atoms with Crippen LogP contribution in [-0.4, -0.2) is 30.7 Å². The third-order valence-electron chi connectivity index (χ3n) is 5.85. The summed E-state index contributed by atoms with van der Waals surface area (Å²) in [6.45, 7) is 4.18. The summed E-state index contributed by atoms with van der Waals surface area (Å²) in [5.41, 5.74) is 3.10. The fourth-order valence-electron chi connectivity index (χ4n) is 4.40. The van der Waals surface area contributed by atoms with Gasteiger partial charge in [0.2, 0.25) is 5.54 Å². The van der Waals surface area contributed by atoms with E-state index in [0.29, 0.717) is 6.54 Å². The molecule has 0 N–H and O–H groups in total. The van der Waals surface area contributed by atoms with Gasteiger partial charge in [-0.05, 0) is 48.2 Å². The van der Waals surface area contributed by atoms with Crippen LogP contribution in [0.3, 0.4) is 0 Å². The molecule has 0 spiro atoms. The van der Waals surface area contributed by atoms with Crippen LogP contribution in [0.4, 0.5) is 5.69 Å². The molecule has 1 aliphatic rings. The lowest BCUT2D eigenvalue weighted by Crippen LogP contribution is -2.63. The highest BCUT2D eigenvalue weighted by molar-refractivity contribution is 6.09. The van der Waals surface area contributed by atoms with Gasteiger partial charge < -0.3 is 14.4 Å². The molecule has 3 aromatic rings. The zero-order chi connectivity index (χ0) is 22.6. The first kappa shape index (κ1) is 21.6. The second kappa shape index (κ2) is 9.27. The van der Waals surface area contributed by atoms with E-state index < -0.39 is 17.5 Å². The molecule has 0 fully saturated rings. The fraction of sp³-hybridized carbons (Fsp3) is 0.259. The maximum Gasteiger partial charge on any atom is 0.344 e. The number of fused-ring (bicyclic) bond motifs is 3. The molecule has 5 nitrogen and oxygen atoms in total. The summed E-state index contributed by atoms with van der Waals surface area (Å²) in [5, 5.41) is 0. The zero-order valence-corrected chi connectivity index (χ0v) is 18.4. The second-order valence-electron chi connectivity index (χ2n) is 7.71. The van der Waals surface area contributed by atoms with Crippen LogP contribution in [0.1, 0.15) is 25.0 Å². The Bertz CT molecular complexity index is 1090. The van der Waals surface area contributed by atoms with Gasteiger partial charge in [-0.15, -0.1) is 0 Å². The lowest BCUT2D eigenvalue weighted by molar-refractivity contribution is -0.164. The van der Waals surface area contributed by atoms with E-state index >= 15 is 0 Å². The summed E-state index contributed by atoms with van der Waals surface area (Å²) in [4.78, 5) is 29.1. The highest BCUT2D eigenvalue weighted by atomic mass is 16.6. The normalized spacial score (nSPS) is 14.4. The molecule has 0 saturated heterocycles. The van der Waals surface area contributed by atoms with Crippen LogP contribution in [-0.2, 0) is 32.0 Å². The van der Waals surface area contributed by atoms with Gasteiger partial charge in [-0.25, -0.2) is 9.59 Å². The molecular formula is C27H27NO4. The Morgan fingerprint density at radius 2 is 1.25 bits per heavy atom. The number of ether oxygens (including phenoxy) is 2. The molecule has 0 amide bonds. The molecule has 4 rings (SSSR count). The smallest absolute Gasteiger partial charge is 0.344 e. The molecule has 0 bridgehead atoms. The van der Waals surface area contributed by atoms with Gasteiger partial charge in [-0.2, -0.15) is 0 Å². The highest BCUT2D eigenvalue weighted by Gasteiger charge is 2.55. The summed E-state index contributed by atoms with van der Waals surface area (Å²) >= 11 is 0. The average Bonchev–Trinajstić information content (AvgIpc) is 2.81. The number of hydrogen-bond acceptors (Lipinski definition) is 5. The van der Waals surface area contributed by atoms with E-state index in [0.717, 1.165) is 27.9 Å². The predicted molar refractivity (Wildman–Crippen MR) is 124 cm³/mol. The Kier molecular flexibility index (Phi) is 6.26. The highest BCUT2D eigenvalue weighted by Crippen LogP contribution is 2.39. The quantitative estimate of drug-likeness (QED) is 0.432. The van der Waals surface area contributed by atoms with Crippen molar-refractivity contribution >= 4 is 17.6 Å². The molecule has 0 saturated carbocycles. The average molecular weight is 430 g/mol. The Hall–Kier alpha value is -3.60. The van der Waals surface area contributed by atoms with Gasteiger partial charge in [0, 0.05) is 18.7 Å².